The average molecular weight is 965 g/mol. The quantitative estimate of drug-likeness (QED) is 0.142. The minimum Gasteiger partial charge on any atom is -0.507 e. The highest BCUT2D eigenvalue weighted by molar-refractivity contribution is 6.62. The van der Waals surface area contributed by atoms with Gasteiger partial charge in [0, 0.05) is 38.9 Å². The SMILES string of the molecule is CC1(C)OB(c2ccc(-c3ccccc3)c(O)c2)OC1(C)C.Clc1nc(-c2ccccc2)nc(-c2ccccc2)n1.Oc1cc(-c2nc(-c3ccccc3)nc(-c3ccccc3)n2)ccc1-c1ccccc1. The van der Waals surface area contributed by atoms with Crippen LogP contribution in [0.25, 0.3) is 79.2 Å². The van der Waals surface area contributed by atoms with Crippen molar-refractivity contribution in [1.29, 1.82) is 0 Å². The fraction of sp³-hybridized carbons (Fsp3) is 0.100. The fourth-order valence-corrected chi connectivity index (χ4v) is 7.95. The van der Waals surface area contributed by atoms with Gasteiger partial charge in [0.05, 0.1) is 11.2 Å². The van der Waals surface area contributed by atoms with Crippen LogP contribution in [-0.4, -0.2) is 58.4 Å². The van der Waals surface area contributed by atoms with Crippen molar-refractivity contribution in [3.05, 3.63) is 224 Å². The van der Waals surface area contributed by atoms with Crippen LogP contribution >= 0.6 is 11.6 Å². The van der Waals surface area contributed by atoms with Crippen molar-refractivity contribution in [1.82, 2.24) is 29.9 Å². The van der Waals surface area contributed by atoms with Gasteiger partial charge in [-0.05, 0) is 74.1 Å². The van der Waals surface area contributed by atoms with Crippen LogP contribution in [0, 0.1) is 0 Å². The Bertz CT molecular complexity index is 3260. The van der Waals surface area contributed by atoms with Crippen molar-refractivity contribution in [2.24, 2.45) is 0 Å². The van der Waals surface area contributed by atoms with Crippen molar-refractivity contribution in [3.63, 3.8) is 0 Å². The van der Waals surface area contributed by atoms with E-state index in [4.69, 9.17) is 35.9 Å². The summed E-state index contributed by atoms with van der Waals surface area (Å²) in [6, 6.07) is 69.8. The van der Waals surface area contributed by atoms with E-state index in [0.717, 1.165) is 55.5 Å². The molecule has 0 saturated carbocycles. The number of aromatic hydroxyl groups is 2. The molecule has 8 aromatic carbocycles. The normalized spacial score (nSPS) is 13.3. The number of aromatic nitrogens is 6. The average Bonchev–Trinajstić information content (AvgIpc) is 3.65. The second kappa shape index (κ2) is 21.7. The van der Waals surface area contributed by atoms with Crippen molar-refractivity contribution < 1.29 is 19.5 Å². The van der Waals surface area contributed by atoms with Crippen molar-refractivity contribution in [3.8, 4) is 90.7 Å². The highest BCUT2D eigenvalue weighted by Crippen LogP contribution is 2.38. The Hall–Kier alpha value is -8.35. The first-order valence-electron chi connectivity index (χ1n) is 23.4. The van der Waals surface area contributed by atoms with Gasteiger partial charge in [-0.25, -0.2) is 19.9 Å². The predicted molar refractivity (Wildman–Crippen MR) is 288 cm³/mol. The van der Waals surface area contributed by atoms with Gasteiger partial charge in [0.15, 0.2) is 29.1 Å². The molecule has 0 aliphatic carbocycles. The van der Waals surface area contributed by atoms with Gasteiger partial charge in [0.25, 0.3) is 0 Å². The van der Waals surface area contributed by atoms with E-state index in [1.165, 1.54) is 0 Å². The summed E-state index contributed by atoms with van der Waals surface area (Å²) < 4.78 is 12.0. The van der Waals surface area contributed by atoms with E-state index in [9.17, 15) is 10.2 Å². The van der Waals surface area contributed by atoms with Crippen LogP contribution in [0.15, 0.2) is 218 Å². The molecule has 0 amide bonds. The summed E-state index contributed by atoms with van der Waals surface area (Å²) in [7, 11) is -0.458. The van der Waals surface area contributed by atoms with Crippen LogP contribution in [0.2, 0.25) is 5.28 Å². The summed E-state index contributed by atoms with van der Waals surface area (Å²) in [5.74, 6) is 3.29. The zero-order valence-corrected chi connectivity index (χ0v) is 40.9. The number of nitrogens with zero attached hydrogens (tertiary/aromatic N) is 6. The molecular formula is C60H50BClN6O4. The topological polar surface area (TPSA) is 136 Å². The van der Waals surface area contributed by atoms with Crippen LogP contribution in [-0.2, 0) is 9.31 Å². The largest absolute Gasteiger partial charge is 0.507 e. The monoisotopic (exact) mass is 964 g/mol. The molecule has 1 aliphatic heterocycles. The molecule has 0 atom stereocenters. The van der Waals surface area contributed by atoms with Gasteiger partial charge < -0.3 is 19.5 Å². The molecule has 3 heterocycles. The van der Waals surface area contributed by atoms with E-state index < -0.39 is 7.12 Å². The first kappa shape index (κ1) is 48.7. The smallest absolute Gasteiger partial charge is 0.494 e. The summed E-state index contributed by atoms with van der Waals surface area (Å²) in [6.45, 7) is 8.08. The Kier molecular flexibility index (Phi) is 14.7. The zero-order chi connectivity index (χ0) is 50.1. The van der Waals surface area contributed by atoms with Crippen LogP contribution in [0.3, 0.4) is 0 Å². The summed E-state index contributed by atoms with van der Waals surface area (Å²) in [4.78, 5) is 26.9. The standard InChI is InChI=1S/C27H19N3O.C18H21BO3.C15H10ClN3/c31-24-18-22(16-17-23(24)19-10-4-1-5-11-19)27-29-25(20-12-6-2-7-13-20)28-26(30-27)21-14-8-3-9-15-21;1-17(2)18(3,4)22-19(21-17)14-10-11-15(16(20)12-14)13-8-6-5-7-9-13;16-15-18-13(11-7-3-1-4-8-11)17-14(19-15)12-9-5-2-6-10-12/h1-18,31H;5-12,20H,1-4H3;1-10H. The molecule has 1 fully saturated rings. The number of phenolic OH excluding ortho intramolecular Hbond substituents is 2. The maximum Gasteiger partial charge on any atom is 0.494 e. The van der Waals surface area contributed by atoms with E-state index in [1.807, 2.05) is 234 Å². The summed E-state index contributed by atoms with van der Waals surface area (Å²) in [5, 5.41) is 21.3. The van der Waals surface area contributed by atoms with E-state index >= 15 is 0 Å². The lowest BCUT2D eigenvalue weighted by molar-refractivity contribution is 0.00578. The van der Waals surface area contributed by atoms with Crippen LogP contribution < -0.4 is 5.46 Å². The molecule has 1 saturated heterocycles. The molecule has 0 unspecified atom stereocenters. The Morgan fingerprint density at radius 2 is 0.639 bits per heavy atom. The predicted octanol–water partition coefficient (Wildman–Crippen LogP) is 13.5. The Labute approximate surface area is 424 Å². The molecule has 10 nitrogen and oxygen atoms in total. The Morgan fingerprint density at radius 3 is 0.972 bits per heavy atom. The van der Waals surface area contributed by atoms with E-state index in [1.54, 1.807) is 12.1 Å². The number of halogens is 1. The number of benzene rings is 8. The maximum absolute atomic E-state index is 10.7. The number of phenols is 2. The molecule has 72 heavy (non-hydrogen) atoms. The van der Waals surface area contributed by atoms with Gasteiger partial charge in [-0.2, -0.15) is 9.97 Å². The lowest BCUT2D eigenvalue weighted by Crippen LogP contribution is -2.41. The first-order valence-corrected chi connectivity index (χ1v) is 23.8. The van der Waals surface area contributed by atoms with Crippen LogP contribution in [0.5, 0.6) is 11.5 Å². The number of rotatable bonds is 8. The zero-order valence-electron chi connectivity index (χ0n) is 40.1. The Morgan fingerprint density at radius 1 is 0.347 bits per heavy atom. The summed E-state index contributed by atoms with van der Waals surface area (Å²) in [6.07, 6.45) is 0. The molecule has 1 aliphatic rings. The molecule has 0 radical (unpaired) electrons. The van der Waals surface area contributed by atoms with Gasteiger partial charge in [0.1, 0.15) is 11.5 Å². The molecule has 12 heteroatoms. The molecule has 11 rings (SSSR count). The van der Waals surface area contributed by atoms with Crippen LogP contribution in [0.1, 0.15) is 27.7 Å². The van der Waals surface area contributed by atoms with Crippen molar-refractivity contribution in [2.45, 2.75) is 38.9 Å². The number of hydrogen-bond donors (Lipinski definition) is 2. The fourth-order valence-electron chi connectivity index (χ4n) is 7.79. The van der Waals surface area contributed by atoms with E-state index in [0.29, 0.717) is 29.1 Å². The lowest BCUT2D eigenvalue weighted by atomic mass is 9.78. The summed E-state index contributed by atoms with van der Waals surface area (Å²) in [5.41, 5.74) is 7.97. The van der Waals surface area contributed by atoms with Gasteiger partial charge in [-0.15, -0.1) is 0 Å². The molecule has 0 spiro atoms. The molecular weight excluding hydrogens is 915 g/mol. The van der Waals surface area contributed by atoms with Gasteiger partial charge in [0.2, 0.25) is 5.28 Å². The summed E-state index contributed by atoms with van der Waals surface area (Å²) >= 11 is 5.99. The highest BCUT2D eigenvalue weighted by Gasteiger charge is 2.51. The highest BCUT2D eigenvalue weighted by atomic mass is 35.5. The second-order valence-corrected chi connectivity index (χ2v) is 18.2. The van der Waals surface area contributed by atoms with E-state index in [-0.39, 0.29) is 28.0 Å². The third-order valence-corrected chi connectivity index (χ3v) is 12.5. The van der Waals surface area contributed by atoms with Gasteiger partial charge in [-0.1, -0.05) is 200 Å². The maximum atomic E-state index is 10.7. The number of hydrogen-bond acceptors (Lipinski definition) is 10. The third kappa shape index (κ3) is 11.5. The molecule has 0 bridgehead atoms. The van der Waals surface area contributed by atoms with Gasteiger partial charge >= 0.3 is 7.12 Å². The van der Waals surface area contributed by atoms with Gasteiger partial charge in [-0.3, -0.25) is 0 Å². The van der Waals surface area contributed by atoms with Crippen LogP contribution in [0.4, 0.5) is 0 Å². The third-order valence-electron chi connectivity index (χ3n) is 12.3. The van der Waals surface area contributed by atoms with Crippen molar-refractivity contribution in [2.75, 3.05) is 0 Å². The lowest BCUT2D eigenvalue weighted by Gasteiger charge is -2.32. The molecule has 10 aromatic rings. The molecule has 2 aromatic heterocycles. The molecule has 354 valence electrons. The minimum atomic E-state index is -0.458. The van der Waals surface area contributed by atoms with Crippen molar-refractivity contribution >= 4 is 24.2 Å². The minimum absolute atomic E-state index is 0.187. The first-order chi connectivity index (χ1) is 34.9. The van der Waals surface area contributed by atoms with E-state index in [2.05, 4.69) is 15.0 Å². The molecule has 2 N–H and O–H groups in total. The Balaban J connectivity index is 0.000000138. The second-order valence-electron chi connectivity index (χ2n) is 17.9.